The van der Waals surface area contributed by atoms with Crippen LogP contribution in [0.2, 0.25) is 10.0 Å². The van der Waals surface area contributed by atoms with Gasteiger partial charge in [-0.1, -0.05) is 23.2 Å². The van der Waals surface area contributed by atoms with E-state index < -0.39 is 11.2 Å². The Hall–Kier alpha value is -2.05. The number of nitrogens with one attached hydrogen (secondary N) is 2. The number of phenolic OH excluding ortho intramolecular Hbond substituents is 1. The Kier molecular flexibility index (Phi) is 3.96. The molecule has 0 unspecified atom stereocenters. The van der Waals surface area contributed by atoms with Gasteiger partial charge in [-0.25, -0.2) is 9.79 Å². The van der Waals surface area contributed by atoms with Crippen molar-refractivity contribution in [2.24, 2.45) is 4.99 Å². The summed E-state index contributed by atoms with van der Waals surface area (Å²) in [5.74, 6) is -0.196. The predicted molar refractivity (Wildman–Crippen MR) is 77.8 cm³/mol. The third-order valence-electron chi connectivity index (χ3n) is 2.49. The van der Waals surface area contributed by atoms with Gasteiger partial charge in [-0.05, 0) is 19.1 Å². The minimum absolute atomic E-state index is 0.0279. The van der Waals surface area contributed by atoms with Gasteiger partial charge >= 0.3 is 5.69 Å². The molecule has 0 atom stereocenters. The lowest BCUT2D eigenvalue weighted by atomic mass is 10.2. The van der Waals surface area contributed by atoms with Crippen molar-refractivity contribution in [3.63, 3.8) is 0 Å². The maximum absolute atomic E-state index is 11.6. The van der Waals surface area contributed by atoms with Gasteiger partial charge in [-0.3, -0.25) is 9.78 Å². The quantitative estimate of drug-likeness (QED) is 0.741. The first kappa shape index (κ1) is 14.4. The summed E-state index contributed by atoms with van der Waals surface area (Å²) in [6.45, 7) is 1.54. The van der Waals surface area contributed by atoms with Gasteiger partial charge in [0.25, 0.3) is 5.56 Å². The Morgan fingerprint density at radius 2 is 1.95 bits per heavy atom. The van der Waals surface area contributed by atoms with E-state index in [1.807, 2.05) is 0 Å². The van der Waals surface area contributed by atoms with E-state index >= 15 is 0 Å². The summed E-state index contributed by atoms with van der Waals surface area (Å²) in [5.41, 5.74) is -0.648. The van der Waals surface area contributed by atoms with E-state index in [4.69, 9.17) is 23.2 Å². The van der Waals surface area contributed by atoms with Crippen LogP contribution in [0.3, 0.4) is 0 Å². The molecule has 0 saturated carbocycles. The number of H-pyrrole nitrogens is 2. The number of phenols is 1. The first-order chi connectivity index (χ1) is 9.38. The molecule has 3 N–H and O–H groups in total. The highest BCUT2D eigenvalue weighted by molar-refractivity contribution is 6.36. The van der Waals surface area contributed by atoms with Crippen molar-refractivity contribution in [3.8, 4) is 5.75 Å². The highest BCUT2D eigenvalue weighted by Crippen LogP contribution is 2.30. The second-order valence-electron chi connectivity index (χ2n) is 3.97. The van der Waals surface area contributed by atoms with Gasteiger partial charge in [0.2, 0.25) is 0 Å². The van der Waals surface area contributed by atoms with E-state index in [-0.39, 0.29) is 22.0 Å². The number of hydrogen-bond acceptors (Lipinski definition) is 4. The Bertz CT molecular complexity index is 809. The molecule has 2 aromatic rings. The van der Waals surface area contributed by atoms with Gasteiger partial charge in [-0.2, -0.15) is 0 Å². The van der Waals surface area contributed by atoms with Crippen molar-refractivity contribution in [1.29, 1.82) is 0 Å². The molecule has 1 heterocycles. The zero-order valence-electron chi connectivity index (χ0n) is 10.2. The van der Waals surface area contributed by atoms with Crippen LogP contribution in [0.15, 0.2) is 26.7 Å². The summed E-state index contributed by atoms with van der Waals surface area (Å²) in [7, 11) is 0. The average molecular weight is 314 g/mol. The number of hydrogen-bond donors (Lipinski definition) is 3. The summed E-state index contributed by atoms with van der Waals surface area (Å²) in [6.07, 6.45) is 1.24. The summed E-state index contributed by atoms with van der Waals surface area (Å²) < 4.78 is 0. The summed E-state index contributed by atoms with van der Waals surface area (Å²) in [4.78, 5) is 31.1. The van der Waals surface area contributed by atoms with Crippen LogP contribution in [0.25, 0.3) is 0 Å². The monoisotopic (exact) mass is 313 g/mol. The number of aromatic hydroxyl groups is 1. The van der Waals surface area contributed by atoms with Gasteiger partial charge in [0.05, 0.1) is 5.02 Å². The Morgan fingerprint density at radius 3 is 2.60 bits per heavy atom. The van der Waals surface area contributed by atoms with Gasteiger partial charge in [0, 0.05) is 22.5 Å². The van der Waals surface area contributed by atoms with Crippen LogP contribution < -0.4 is 11.2 Å². The minimum atomic E-state index is -0.630. The lowest BCUT2D eigenvalue weighted by Gasteiger charge is -2.02. The number of aliphatic imine (C=N–C) groups is 1. The zero-order valence-corrected chi connectivity index (χ0v) is 11.7. The molecular weight excluding hydrogens is 305 g/mol. The van der Waals surface area contributed by atoms with E-state index in [1.54, 1.807) is 0 Å². The van der Waals surface area contributed by atoms with Crippen LogP contribution in [0.4, 0.5) is 5.69 Å². The van der Waals surface area contributed by atoms with Crippen LogP contribution in [-0.4, -0.2) is 21.3 Å². The topological polar surface area (TPSA) is 98.3 Å². The molecule has 20 heavy (non-hydrogen) atoms. The fraction of sp³-hybridized carbons (Fsp3) is 0.0833. The first-order valence-corrected chi connectivity index (χ1v) is 6.19. The summed E-state index contributed by atoms with van der Waals surface area (Å²) in [5, 5.41) is 10.2. The molecule has 0 spiro atoms. The number of halogens is 2. The highest BCUT2D eigenvalue weighted by atomic mass is 35.5. The van der Waals surface area contributed by atoms with E-state index in [0.717, 1.165) is 0 Å². The molecule has 0 aliphatic heterocycles. The van der Waals surface area contributed by atoms with E-state index in [2.05, 4.69) is 15.0 Å². The van der Waals surface area contributed by atoms with Gasteiger partial charge in [-0.15, -0.1) is 0 Å². The number of nitrogens with zero attached hydrogens (tertiary/aromatic N) is 1. The largest absolute Gasteiger partial charge is 0.506 e. The SMILES string of the molecule is Cc1[nH]c(=O)[nH]c(=O)c1/N=C/c1cc(Cl)cc(Cl)c1O. The van der Waals surface area contributed by atoms with E-state index in [9.17, 15) is 14.7 Å². The number of aromatic nitrogens is 2. The molecule has 104 valence electrons. The molecule has 0 aliphatic rings. The fourth-order valence-corrected chi connectivity index (χ4v) is 2.08. The van der Waals surface area contributed by atoms with Crippen molar-refractivity contribution < 1.29 is 5.11 Å². The maximum Gasteiger partial charge on any atom is 0.326 e. The van der Waals surface area contributed by atoms with Crippen molar-refractivity contribution in [2.75, 3.05) is 0 Å². The molecule has 0 amide bonds. The molecule has 0 bridgehead atoms. The number of rotatable bonds is 2. The van der Waals surface area contributed by atoms with Crippen molar-refractivity contribution in [1.82, 2.24) is 9.97 Å². The molecule has 0 fully saturated rings. The molecule has 0 aliphatic carbocycles. The predicted octanol–water partition coefficient (Wildman–Crippen LogP) is 2.13. The molecule has 6 nitrogen and oxygen atoms in total. The van der Waals surface area contributed by atoms with Crippen molar-refractivity contribution >= 4 is 35.1 Å². The molecule has 1 aromatic heterocycles. The Morgan fingerprint density at radius 1 is 1.25 bits per heavy atom. The Labute approximate surface area is 122 Å². The zero-order chi connectivity index (χ0) is 14.9. The molecule has 8 heteroatoms. The first-order valence-electron chi connectivity index (χ1n) is 5.44. The van der Waals surface area contributed by atoms with Crippen LogP contribution in [0.1, 0.15) is 11.3 Å². The standard InChI is InChI=1S/C12H9Cl2N3O3/c1-5-9(11(19)17-12(20)16-5)15-4-6-2-7(13)3-8(14)10(6)18/h2-4,18H,1H3,(H2,16,17,19,20)/b15-4+. The van der Waals surface area contributed by atoms with E-state index in [0.29, 0.717) is 10.7 Å². The third kappa shape index (κ3) is 2.92. The van der Waals surface area contributed by atoms with Crippen LogP contribution in [-0.2, 0) is 0 Å². The number of aromatic amines is 2. The Balaban J connectivity index is 2.50. The maximum atomic E-state index is 11.6. The summed E-state index contributed by atoms with van der Waals surface area (Å²) in [6, 6.07) is 2.83. The number of benzene rings is 1. The summed E-state index contributed by atoms with van der Waals surface area (Å²) >= 11 is 11.6. The van der Waals surface area contributed by atoms with Crippen LogP contribution >= 0.6 is 23.2 Å². The number of aryl methyl sites for hydroxylation is 1. The average Bonchev–Trinajstić information content (AvgIpc) is 2.33. The second-order valence-corrected chi connectivity index (χ2v) is 4.81. The lowest BCUT2D eigenvalue weighted by molar-refractivity contribution is 0.475. The van der Waals surface area contributed by atoms with Crippen LogP contribution in [0.5, 0.6) is 5.75 Å². The van der Waals surface area contributed by atoms with Crippen molar-refractivity contribution in [3.05, 3.63) is 54.3 Å². The smallest absolute Gasteiger partial charge is 0.326 e. The highest BCUT2D eigenvalue weighted by Gasteiger charge is 2.07. The van der Waals surface area contributed by atoms with E-state index in [1.165, 1.54) is 25.3 Å². The van der Waals surface area contributed by atoms with Gasteiger partial charge < -0.3 is 10.1 Å². The molecule has 1 aromatic carbocycles. The molecule has 0 radical (unpaired) electrons. The fourth-order valence-electron chi connectivity index (χ4n) is 1.57. The third-order valence-corrected chi connectivity index (χ3v) is 3.00. The minimum Gasteiger partial charge on any atom is -0.506 e. The molecular formula is C12H9Cl2N3O3. The lowest BCUT2D eigenvalue weighted by Crippen LogP contribution is -2.22. The van der Waals surface area contributed by atoms with Crippen LogP contribution in [0, 0.1) is 6.92 Å². The van der Waals surface area contributed by atoms with Gasteiger partial charge in [0.15, 0.2) is 0 Å². The normalized spacial score (nSPS) is 11.2. The molecule has 0 saturated heterocycles. The second kappa shape index (κ2) is 5.52. The van der Waals surface area contributed by atoms with Crippen molar-refractivity contribution in [2.45, 2.75) is 6.92 Å². The van der Waals surface area contributed by atoms with Gasteiger partial charge in [0.1, 0.15) is 11.4 Å². The molecule has 2 rings (SSSR count).